The molecule has 0 fully saturated rings. The largest absolute Gasteiger partial charge is 0.489 e. The molecule has 1 heteroatoms. The van der Waals surface area contributed by atoms with Crippen molar-refractivity contribution in [2.24, 2.45) is 17.3 Å². The number of benzene rings is 2. The minimum Gasteiger partial charge on any atom is -0.489 e. The zero-order valence-corrected chi connectivity index (χ0v) is 18.2. The van der Waals surface area contributed by atoms with E-state index in [-0.39, 0.29) is 0 Å². The van der Waals surface area contributed by atoms with Crippen molar-refractivity contribution in [1.29, 1.82) is 0 Å². The van der Waals surface area contributed by atoms with E-state index in [0.717, 1.165) is 17.6 Å². The fourth-order valence-electron chi connectivity index (χ4n) is 3.63. The Balaban J connectivity index is 1.89. The van der Waals surface area contributed by atoms with Crippen LogP contribution < -0.4 is 4.74 Å². The number of aryl methyl sites for hydroxylation is 2. The van der Waals surface area contributed by atoms with Gasteiger partial charge in [0, 0.05) is 0 Å². The average Bonchev–Trinajstić information content (AvgIpc) is 2.65. The third kappa shape index (κ3) is 7.05. The van der Waals surface area contributed by atoms with Crippen molar-refractivity contribution in [3.05, 3.63) is 65.2 Å². The van der Waals surface area contributed by atoms with Gasteiger partial charge in [-0.3, -0.25) is 0 Å². The maximum Gasteiger partial charge on any atom is 0.119 e. The first kappa shape index (κ1) is 21.5. The molecule has 2 aromatic rings. The first-order chi connectivity index (χ1) is 12.8. The molecule has 0 heterocycles. The van der Waals surface area contributed by atoms with Gasteiger partial charge in [-0.15, -0.1) is 0 Å². The molecule has 0 spiro atoms. The molecular weight excluding hydrogens is 328 g/mol. The molecule has 27 heavy (non-hydrogen) atoms. The molecule has 0 radical (unpaired) electrons. The average molecular weight is 367 g/mol. The Morgan fingerprint density at radius 1 is 0.889 bits per heavy atom. The van der Waals surface area contributed by atoms with Crippen LogP contribution in [0, 0.1) is 24.2 Å². The van der Waals surface area contributed by atoms with E-state index in [2.05, 4.69) is 77.9 Å². The molecule has 0 amide bonds. The van der Waals surface area contributed by atoms with Crippen LogP contribution in [0.5, 0.6) is 5.75 Å². The summed E-state index contributed by atoms with van der Waals surface area (Å²) in [6, 6.07) is 17.2. The summed E-state index contributed by atoms with van der Waals surface area (Å²) >= 11 is 0. The zero-order chi connectivity index (χ0) is 19.9. The van der Waals surface area contributed by atoms with Gasteiger partial charge >= 0.3 is 0 Å². The van der Waals surface area contributed by atoms with Crippen LogP contribution in [0.3, 0.4) is 0 Å². The van der Waals surface area contributed by atoms with Crippen molar-refractivity contribution in [3.8, 4) is 5.75 Å². The van der Waals surface area contributed by atoms with Crippen LogP contribution >= 0.6 is 0 Å². The van der Waals surface area contributed by atoms with Gasteiger partial charge in [-0.05, 0) is 66.7 Å². The van der Waals surface area contributed by atoms with Gasteiger partial charge in [0.15, 0.2) is 0 Å². The van der Waals surface area contributed by atoms with Crippen molar-refractivity contribution in [2.45, 2.75) is 73.8 Å². The van der Waals surface area contributed by atoms with Gasteiger partial charge in [0.2, 0.25) is 0 Å². The predicted molar refractivity (Wildman–Crippen MR) is 117 cm³/mol. The van der Waals surface area contributed by atoms with Gasteiger partial charge in [0.05, 0.1) is 0 Å². The maximum atomic E-state index is 5.89. The van der Waals surface area contributed by atoms with Crippen molar-refractivity contribution in [2.75, 3.05) is 0 Å². The monoisotopic (exact) mass is 366 g/mol. The molecule has 0 aliphatic heterocycles. The Morgan fingerprint density at radius 3 is 2.04 bits per heavy atom. The van der Waals surface area contributed by atoms with E-state index >= 15 is 0 Å². The molecule has 1 unspecified atom stereocenters. The highest BCUT2D eigenvalue weighted by molar-refractivity contribution is 5.27. The first-order valence-electron chi connectivity index (χ1n) is 10.6. The molecule has 2 rings (SSSR count). The van der Waals surface area contributed by atoms with Crippen LogP contribution in [-0.2, 0) is 13.0 Å². The standard InChI is InChI=1S/C26H38O/c1-7-26(5,6)24(18-20(2)3)15-14-22-10-12-23(13-11-22)19-27-25-16-8-21(4)9-17-25/h8-13,16-17,20,24H,7,14-15,18-19H2,1-6H3. The number of hydrogen-bond donors (Lipinski definition) is 0. The summed E-state index contributed by atoms with van der Waals surface area (Å²) in [7, 11) is 0. The van der Waals surface area contributed by atoms with Crippen LogP contribution in [0.1, 0.15) is 70.6 Å². The normalized spacial score (nSPS) is 13.0. The van der Waals surface area contributed by atoms with Crippen LogP contribution in [-0.4, -0.2) is 0 Å². The van der Waals surface area contributed by atoms with E-state index in [1.165, 1.54) is 42.4 Å². The summed E-state index contributed by atoms with van der Waals surface area (Å²) in [4.78, 5) is 0. The topological polar surface area (TPSA) is 9.23 Å². The highest BCUT2D eigenvalue weighted by atomic mass is 16.5. The first-order valence-corrected chi connectivity index (χ1v) is 10.6. The van der Waals surface area contributed by atoms with Crippen molar-refractivity contribution >= 4 is 0 Å². The second kappa shape index (κ2) is 9.97. The second-order valence-corrected chi connectivity index (χ2v) is 9.13. The summed E-state index contributed by atoms with van der Waals surface area (Å²) in [5, 5.41) is 0. The summed E-state index contributed by atoms with van der Waals surface area (Å²) in [6.07, 6.45) is 5.02. The van der Waals surface area contributed by atoms with E-state index in [1.807, 2.05) is 12.1 Å². The van der Waals surface area contributed by atoms with Crippen molar-refractivity contribution < 1.29 is 4.74 Å². The minimum atomic E-state index is 0.423. The number of rotatable bonds is 10. The molecular formula is C26H38O. The molecule has 0 saturated carbocycles. The summed E-state index contributed by atoms with van der Waals surface area (Å²) in [6.45, 7) is 14.6. The van der Waals surface area contributed by atoms with E-state index in [4.69, 9.17) is 4.74 Å². The Labute approximate surface area is 167 Å². The third-order valence-electron chi connectivity index (χ3n) is 6.00. The van der Waals surface area contributed by atoms with Crippen molar-refractivity contribution in [3.63, 3.8) is 0 Å². The van der Waals surface area contributed by atoms with Gasteiger partial charge in [-0.25, -0.2) is 0 Å². The predicted octanol–water partition coefficient (Wildman–Crippen LogP) is 7.61. The van der Waals surface area contributed by atoms with E-state index in [1.54, 1.807) is 0 Å². The van der Waals surface area contributed by atoms with Crippen LogP contribution in [0.25, 0.3) is 0 Å². The highest BCUT2D eigenvalue weighted by Gasteiger charge is 2.27. The van der Waals surface area contributed by atoms with Gasteiger partial charge < -0.3 is 4.74 Å². The molecule has 148 valence electrons. The molecule has 0 bridgehead atoms. The molecule has 0 aliphatic carbocycles. The van der Waals surface area contributed by atoms with Gasteiger partial charge in [-0.1, -0.05) is 83.0 Å². The van der Waals surface area contributed by atoms with Crippen molar-refractivity contribution in [1.82, 2.24) is 0 Å². The zero-order valence-electron chi connectivity index (χ0n) is 18.2. The van der Waals surface area contributed by atoms with Gasteiger partial charge in [-0.2, -0.15) is 0 Å². The number of hydrogen-bond acceptors (Lipinski definition) is 1. The lowest BCUT2D eigenvalue weighted by molar-refractivity contribution is 0.162. The fraction of sp³-hybridized carbons (Fsp3) is 0.538. The molecule has 2 aromatic carbocycles. The van der Waals surface area contributed by atoms with E-state index < -0.39 is 0 Å². The molecule has 0 N–H and O–H groups in total. The lowest BCUT2D eigenvalue weighted by atomic mass is 9.71. The summed E-state index contributed by atoms with van der Waals surface area (Å²) in [5.41, 5.74) is 4.35. The quantitative estimate of drug-likeness (QED) is 0.420. The van der Waals surface area contributed by atoms with Crippen LogP contribution in [0.2, 0.25) is 0 Å². The smallest absolute Gasteiger partial charge is 0.119 e. The maximum absolute atomic E-state index is 5.89. The molecule has 0 aliphatic rings. The second-order valence-electron chi connectivity index (χ2n) is 9.13. The number of ether oxygens (including phenoxy) is 1. The van der Waals surface area contributed by atoms with E-state index in [0.29, 0.717) is 12.0 Å². The van der Waals surface area contributed by atoms with Gasteiger partial charge in [0.1, 0.15) is 12.4 Å². The van der Waals surface area contributed by atoms with E-state index in [9.17, 15) is 0 Å². The SMILES string of the molecule is CCC(C)(C)C(CCc1ccc(COc2ccc(C)cc2)cc1)CC(C)C. The van der Waals surface area contributed by atoms with Crippen LogP contribution in [0.4, 0.5) is 0 Å². The molecule has 1 nitrogen and oxygen atoms in total. The third-order valence-corrected chi connectivity index (χ3v) is 6.00. The lowest BCUT2D eigenvalue weighted by Crippen LogP contribution is -2.25. The Morgan fingerprint density at radius 2 is 1.48 bits per heavy atom. The Hall–Kier alpha value is -1.76. The van der Waals surface area contributed by atoms with Gasteiger partial charge in [0.25, 0.3) is 0 Å². The molecule has 1 atom stereocenters. The minimum absolute atomic E-state index is 0.423. The fourth-order valence-corrected chi connectivity index (χ4v) is 3.63. The lowest BCUT2D eigenvalue weighted by Gasteiger charge is -2.35. The van der Waals surface area contributed by atoms with Crippen LogP contribution in [0.15, 0.2) is 48.5 Å². The Kier molecular flexibility index (Phi) is 7.95. The Bertz CT molecular complexity index is 664. The summed E-state index contributed by atoms with van der Waals surface area (Å²) in [5.74, 6) is 2.48. The molecule has 0 saturated heterocycles. The highest BCUT2D eigenvalue weighted by Crippen LogP contribution is 2.38. The molecule has 0 aromatic heterocycles. The summed E-state index contributed by atoms with van der Waals surface area (Å²) < 4.78 is 5.89.